The fourth-order valence-corrected chi connectivity index (χ4v) is 2.78. The maximum absolute atomic E-state index is 13.0. The predicted octanol–water partition coefficient (Wildman–Crippen LogP) is 3.93. The molecule has 1 N–H and O–H groups in total. The Bertz CT molecular complexity index is 619. The van der Waals surface area contributed by atoms with Crippen LogP contribution in [0.15, 0.2) is 53.7 Å². The van der Waals surface area contributed by atoms with Crippen LogP contribution in [0.25, 0.3) is 0 Å². The molecular formula is C16H14FNO. The highest BCUT2D eigenvalue weighted by Gasteiger charge is 2.25. The van der Waals surface area contributed by atoms with Gasteiger partial charge in [0.2, 0.25) is 0 Å². The molecule has 0 heterocycles. The molecule has 3 rings (SSSR count). The second-order valence-electron chi connectivity index (χ2n) is 4.78. The van der Waals surface area contributed by atoms with Crippen molar-refractivity contribution in [2.24, 2.45) is 5.16 Å². The van der Waals surface area contributed by atoms with Crippen molar-refractivity contribution in [1.29, 1.82) is 0 Å². The van der Waals surface area contributed by atoms with E-state index in [1.807, 2.05) is 36.4 Å². The van der Waals surface area contributed by atoms with E-state index in [0.29, 0.717) is 0 Å². The quantitative estimate of drug-likeness (QED) is 0.607. The second-order valence-corrected chi connectivity index (χ2v) is 4.78. The molecule has 0 radical (unpaired) electrons. The van der Waals surface area contributed by atoms with Gasteiger partial charge in [-0.25, -0.2) is 4.39 Å². The number of oxime groups is 1. The van der Waals surface area contributed by atoms with Gasteiger partial charge in [-0.3, -0.25) is 0 Å². The van der Waals surface area contributed by atoms with E-state index in [1.54, 1.807) is 0 Å². The summed E-state index contributed by atoms with van der Waals surface area (Å²) in [6.45, 7) is 0. The Kier molecular flexibility index (Phi) is 3.03. The molecule has 0 bridgehead atoms. The minimum absolute atomic E-state index is 0.217. The molecule has 1 atom stereocenters. The molecule has 0 amide bonds. The SMILES string of the molecule is ON=C1CCC(c2ccc(F)cc2)c2ccccc21. The number of halogens is 1. The van der Waals surface area contributed by atoms with E-state index in [0.717, 1.165) is 35.2 Å². The summed E-state index contributed by atoms with van der Waals surface area (Å²) >= 11 is 0. The molecule has 0 aromatic heterocycles. The Hall–Kier alpha value is -2.16. The molecule has 1 aliphatic carbocycles. The van der Waals surface area contributed by atoms with Crippen LogP contribution in [0.5, 0.6) is 0 Å². The molecule has 0 aliphatic heterocycles. The third-order valence-corrected chi connectivity index (χ3v) is 3.71. The van der Waals surface area contributed by atoms with E-state index in [-0.39, 0.29) is 11.7 Å². The number of hydrogen-bond acceptors (Lipinski definition) is 2. The van der Waals surface area contributed by atoms with Crippen LogP contribution in [0.2, 0.25) is 0 Å². The molecule has 0 saturated heterocycles. The zero-order chi connectivity index (χ0) is 13.2. The molecule has 0 saturated carbocycles. The van der Waals surface area contributed by atoms with Crippen molar-refractivity contribution >= 4 is 5.71 Å². The Morgan fingerprint density at radius 1 is 1.05 bits per heavy atom. The van der Waals surface area contributed by atoms with Gasteiger partial charge in [-0.05, 0) is 36.1 Å². The maximum atomic E-state index is 13.0. The summed E-state index contributed by atoms with van der Waals surface area (Å²) in [6.07, 6.45) is 1.61. The van der Waals surface area contributed by atoms with Gasteiger partial charge >= 0.3 is 0 Å². The summed E-state index contributed by atoms with van der Waals surface area (Å²) in [5, 5.41) is 12.5. The molecule has 0 spiro atoms. The number of fused-ring (bicyclic) bond motifs is 1. The van der Waals surface area contributed by atoms with Crippen LogP contribution in [-0.4, -0.2) is 10.9 Å². The highest BCUT2D eigenvalue weighted by Crippen LogP contribution is 2.36. The van der Waals surface area contributed by atoms with Crippen molar-refractivity contribution in [2.75, 3.05) is 0 Å². The minimum Gasteiger partial charge on any atom is -0.411 e. The molecule has 2 nitrogen and oxygen atoms in total. The van der Waals surface area contributed by atoms with E-state index in [2.05, 4.69) is 5.16 Å². The zero-order valence-corrected chi connectivity index (χ0v) is 10.4. The highest BCUT2D eigenvalue weighted by molar-refractivity contribution is 6.02. The molecule has 1 aliphatic rings. The van der Waals surface area contributed by atoms with E-state index in [1.165, 1.54) is 12.1 Å². The molecule has 2 aromatic rings. The Labute approximate surface area is 111 Å². The highest BCUT2D eigenvalue weighted by atomic mass is 19.1. The van der Waals surface area contributed by atoms with Gasteiger partial charge in [0, 0.05) is 11.5 Å². The maximum Gasteiger partial charge on any atom is 0.123 e. The van der Waals surface area contributed by atoms with Gasteiger partial charge in [0.15, 0.2) is 0 Å². The topological polar surface area (TPSA) is 32.6 Å². The smallest absolute Gasteiger partial charge is 0.123 e. The first-order valence-electron chi connectivity index (χ1n) is 6.35. The molecular weight excluding hydrogens is 241 g/mol. The van der Waals surface area contributed by atoms with Gasteiger partial charge in [-0.15, -0.1) is 0 Å². The molecule has 1 unspecified atom stereocenters. The molecule has 96 valence electrons. The lowest BCUT2D eigenvalue weighted by molar-refractivity contribution is 0.317. The first-order chi connectivity index (χ1) is 9.29. The first kappa shape index (κ1) is 11.9. The predicted molar refractivity (Wildman–Crippen MR) is 72.2 cm³/mol. The summed E-state index contributed by atoms with van der Waals surface area (Å²) in [4.78, 5) is 0. The van der Waals surface area contributed by atoms with E-state index < -0.39 is 0 Å². The lowest BCUT2D eigenvalue weighted by atomic mass is 9.78. The van der Waals surface area contributed by atoms with Crippen molar-refractivity contribution in [2.45, 2.75) is 18.8 Å². The summed E-state index contributed by atoms with van der Waals surface area (Å²) in [5.41, 5.74) is 3.97. The van der Waals surface area contributed by atoms with E-state index >= 15 is 0 Å². The van der Waals surface area contributed by atoms with Crippen LogP contribution in [-0.2, 0) is 0 Å². The van der Waals surface area contributed by atoms with Gasteiger partial charge in [0.05, 0.1) is 5.71 Å². The largest absolute Gasteiger partial charge is 0.411 e. The van der Waals surface area contributed by atoms with Crippen LogP contribution in [0.4, 0.5) is 4.39 Å². The lowest BCUT2D eigenvalue weighted by Gasteiger charge is -2.26. The van der Waals surface area contributed by atoms with Crippen LogP contribution in [0.3, 0.4) is 0 Å². The average Bonchev–Trinajstić information content (AvgIpc) is 2.47. The number of rotatable bonds is 1. The van der Waals surface area contributed by atoms with Gasteiger partial charge < -0.3 is 5.21 Å². The van der Waals surface area contributed by atoms with Crippen LogP contribution in [0.1, 0.15) is 35.4 Å². The van der Waals surface area contributed by atoms with Gasteiger partial charge in [0.1, 0.15) is 5.82 Å². The Morgan fingerprint density at radius 3 is 2.53 bits per heavy atom. The van der Waals surface area contributed by atoms with Gasteiger partial charge in [-0.2, -0.15) is 0 Å². The minimum atomic E-state index is -0.217. The summed E-state index contributed by atoms with van der Waals surface area (Å²) < 4.78 is 13.0. The van der Waals surface area contributed by atoms with Crippen molar-refractivity contribution in [3.05, 3.63) is 71.0 Å². The Balaban J connectivity index is 2.07. The van der Waals surface area contributed by atoms with Crippen molar-refractivity contribution in [1.82, 2.24) is 0 Å². The van der Waals surface area contributed by atoms with Crippen LogP contribution < -0.4 is 0 Å². The molecule has 2 aromatic carbocycles. The van der Waals surface area contributed by atoms with Crippen molar-refractivity contribution < 1.29 is 9.60 Å². The van der Waals surface area contributed by atoms with Gasteiger partial charge in [0.25, 0.3) is 0 Å². The number of nitrogens with zero attached hydrogens (tertiary/aromatic N) is 1. The summed E-state index contributed by atoms with van der Waals surface area (Å²) in [5.74, 6) is 0.0211. The number of hydrogen-bond donors (Lipinski definition) is 1. The molecule has 0 fully saturated rings. The number of benzene rings is 2. The second kappa shape index (κ2) is 4.84. The van der Waals surface area contributed by atoms with Crippen molar-refractivity contribution in [3.63, 3.8) is 0 Å². The fourth-order valence-electron chi connectivity index (χ4n) is 2.78. The molecule has 19 heavy (non-hydrogen) atoms. The normalized spacial score (nSPS) is 20.3. The zero-order valence-electron chi connectivity index (χ0n) is 10.4. The standard InChI is InChI=1S/C16H14FNO/c17-12-7-5-11(6-8-12)13-9-10-16(18-19)15-4-2-1-3-14(13)15/h1-8,13,19H,9-10H2. The van der Waals surface area contributed by atoms with Crippen LogP contribution >= 0.6 is 0 Å². The van der Waals surface area contributed by atoms with E-state index in [9.17, 15) is 4.39 Å². The van der Waals surface area contributed by atoms with E-state index in [4.69, 9.17) is 5.21 Å². The first-order valence-corrected chi connectivity index (χ1v) is 6.35. The monoisotopic (exact) mass is 255 g/mol. The summed E-state index contributed by atoms with van der Waals surface area (Å²) in [7, 11) is 0. The fraction of sp³-hybridized carbons (Fsp3) is 0.188. The van der Waals surface area contributed by atoms with Crippen molar-refractivity contribution in [3.8, 4) is 0 Å². The lowest BCUT2D eigenvalue weighted by Crippen LogP contribution is -2.17. The third kappa shape index (κ3) is 2.12. The Morgan fingerprint density at radius 2 is 1.79 bits per heavy atom. The van der Waals surface area contributed by atoms with Crippen LogP contribution in [0, 0.1) is 5.82 Å². The van der Waals surface area contributed by atoms with Gasteiger partial charge in [-0.1, -0.05) is 41.6 Å². The third-order valence-electron chi connectivity index (χ3n) is 3.71. The summed E-state index contributed by atoms with van der Waals surface area (Å²) in [6, 6.07) is 14.6. The molecule has 3 heteroatoms. The average molecular weight is 255 g/mol.